The van der Waals surface area contributed by atoms with Gasteiger partial charge >= 0.3 is 5.97 Å². The molecule has 2 rings (SSSR count). The molecule has 104 valence electrons. The molecule has 1 aromatic heterocycles. The lowest BCUT2D eigenvalue weighted by atomic mass is 10.1. The zero-order valence-electron chi connectivity index (χ0n) is 10.8. The summed E-state index contributed by atoms with van der Waals surface area (Å²) in [6.45, 7) is 3.14. The third-order valence-electron chi connectivity index (χ3n) is 2.98. The van der Waals surface area contributed by atoms with Crippen LogP contribution in [0.5, 0.6) is 5.88 Å². The highest BCUT2D eigenvalue weighted by molar-refractivity contribution is 5.95. The smallest absolute Gasteiger partial charge is 0.326 e. The van der Waals surface area contributed by atoms with Crippen LogP contribution in [0.4, 0.5) is 0 Å². The fraction of sp³-hybridized carbons (Fsp3) is 0.583. The molecule has 1 aromatic rings. The Hall–Kier alpha value is -2.05. The van der Waals surface area contributed by atoms with Crippen molar-refractivity contribution >= 4 is 11.9 Å². The van der Waals surface area contributed by atoms with E-state index in [2.05, 4.69) is 10.4 Å². The predicted octanol–water partition coefficient (Wildman–Crippen LogP) is 0.649. The molecule has 7 nitrogen and oxygen atoms in total. The molecule has 0 spiro atoms. The van der Waals surface area contributed by atoms with Gasteiger partial charge in [0.05, 0.1) is 6.54 Å². The van der Waals surface area contributed by atoms with Crippen molar-refractivity contribution in [2.45, 2.75) is 38.8 Å². The molecular weight excluding hydrogens is 250 g/mol. The number of hydrogen-bond donors (Lipinski definition) is 2. The molecule has 0 bridgehead atoms. The van der Waals surface area contributed by atoms with Crippen LogP contribution >= 0.6 is 0 Å². The van der Waals surface area contributed by atoms with E-state index in [0.717, 1.165) is 12.8 Å². The van der Waals surface area contributed by atoms with Gasteiger partial charge < -0.3 is 15.2 Å². The van der Waals surface area contributed by atoms with Crippen LogP contribution in [0.25, 0.3) is 0 Å². The van der Waals surface area contributed by atoms with Crippen LogP contribution in [0.15, 0.2) is 6.07 Å². The van der Waals surface area contributed by atoms with Crippen LogP contribution in [0.1, 0.15) is 36.7 Å². The Labute approximate surface area is 110 Å². The number of nitrogens with one attached hydrogen (secondary N) is 1. The molecule has 1 aliphatic rings. The highest BCUT2D eigenvalue weighted by Crippen LogP contribution is 2.18. The van der Waals surface area contributed by atoms with Crippen molar-refractivity contribution in [3.8, 4) is 5.88 Å². The highest BCUT2D eigenvalue weighted by Gasteiger charge is 2.24. The van der Waals surface area contributed by atoms with Gasteiger partial charge in [0.15, 0.2) is 5.69 Å². The summed E-state index contributed by atoms with van der Waals surface area (Å²) in [4.78, 5) is 23.0. The number of carbonyl (C=O) groups excluding carboxylic acids is 1. The second kappa shape index (κ2) is 5.73. The zero-order valence-corrected chi connectivity index (χ0v) is 10.8. The summed E-state index contributed by atoms with van der Waals surface area (Å²) in [5.74, 6) is -0.954. The van der Waals surface area contributed by atoms with Gasteiger partial charge in [0, 0.05) is 6.07 Å². The number of rotatable bonds is 6. The number of unbranched alkanes of at least 4 members (excludes halogenated alkanes) is 1. The summed E-state index contributed by atoms with van der Waals surface area (Å²) in [5, 5.41) is 15.6. The molecule has 1 aliphatic heterocycles. The minimum absolute atomic E-state index is 0.192. The first-order valence-electron chi connectivity index (χ1n) is 6.36. The molecule has 1 atom stereocenters. The van der Waals surface area contributed by atoms with Gasteiger partial charge in [-0.15, -0.1) is 0 Å². The van der Waals surface area contributed by atoms with E-state index >= 15 is 0 Å². The topological polar surface area (TPSA) is 93.5 Å². The van der Waals surface area contributed by atoms with E-state index in [4.69, 9.17) is 9.84 Å². The van der Waals surface area contributed by atoms with E-state index in [0.29, 0.717) is 25.5 Å². The van der Waals surface area contributed by atoms with Gasteiger partial charge in [0.2, 0.25) is 5.88 Å². The van der Waals surface area contributed by atoms with E-state index in [1.807, 2.05) is 6.92 Å². The monoisotopic (exact) mass is 267 g/mol. The predicted molar refractivity (Wildman–Crippen MR) is 66.1 cm³/mol. The standard InChI is InChI=1S/C12H17N3O4/c1-2-3-4-8(12(17)18)13-11(16)9-7-10-15(14-9)5-6-19-10/h7-8H,2-6H2,1H3,(H,13,16)(H,17,18). The summed E-state index contributed by atoms with van der Waals surface area (Å²) >= 11 is 0. The molecule has 1 unspecified atom stereocenters. The second-order valence-electron chi connectivity index (χ2n) is 4.45. The van der Waals surface area contributed by atoms with Crippen LogP contribution in [-0.4, -0.2) is 39.4 Å². The Balaban J connectivity index is 1.99. The summed E-state index contributed by atoms with van der Waals surface area (Å²) in [6, 6.07) is 0.658. The van der Waals surface area contributed by atoms with Crippen molar-refractivity contribution in [1.82, 2.24) is 15.1 Å². The molecule has 19 heavy (non-hydrogen) atoms. The molecule has 2 heterocycles. The second-order valence-corrected chi connectivity index (χ2v) is 4.45. The molecule has 0 aromatic carbocycles. The SMILES string of the molecule is CCCCC(NC(=O)c1cc2n(n1)CCO2)C(=O)O. The Morgan fingerprint density at radius 3 is 3.05 bits per heavy atom. The molecular formula is C12H17N3O4. The molecule has 2 N–H and O–H groups in total. The molecule has 0 aliphatic carbocycles. The van der Waals surface area contributed by atoms with Crippen molar-refractivity contribution in [1.29, 1.82) is 0 Å². The average molecular weight is 267 g/mol. The fourth-order valence-corrected chi connectivity index (χ4v) is 1.92. The van der Waals surface area contributed by atoms with Crippen molar-refractivity contribution in [2.24, 2.45) is 0 Å². The van der Waals surface area contributed by atoms with E-state index in [-0.39, 0.29) is 5.69 Å². The van der Waals surface area contributed by atoms with Crippen molar-refractivity contribution in [3.05, 3.63) is 11.8 Å². The summed E-state index contributed by atoms with van der Waals surface area (Å²) in [7, 11) is 0. The number of nitrogens with zero attached hydrogens (tertiary/aromatic N) is 2. The maximum atomic E-state index is 11.9. The number of aliphatic carboxylic acids is 1. The summed E-state index contributed by atoms with van der Waals surface area (Å²) < 4.78 is 6.84. The third kappa shape index (κ3) is 3.04. The first kappa shape index (κ1) is 13.4. The van der Waals surface area contributed by atoms with E-state index in [1.165, 1.54) is 6.07 Å². The van der Waals surface area contributed by atoms with Gasteiger partial charge in [-0.05, 0) is 6.42 Å². The van der Waals surface area contributed by atoms with Gasteiger partial charge in [-0.2, -0.15) is 5.10 Å². The number of carboxylic acid groups (broad SMARTS) is 1. The number of fused-ring (bicyclic) bond motifs is 1. The minimum Gasteiger partial charge on any atom is -0.480 e. The largest absolute Gasteiger partial charge is 0.480 e. The Morgan fingerprint density at radius 2 is 2.42 bits per heavy atom. The number of amides is 1. The summed E-state index contributed by atoms with van der Waals surface area (Å²) in [6.07, 6.45) is 2.05. The van der Waals surface area contributed by atoms with Crippen LogP contribution < -0.4 is 10.1 Å². The molecule has 0 saturated heterocycles. The first-order valence-corrected chi connectivity index (χ1v) is 6.36. The molecule has 0 radical (unpaired) electrons. The fourth-order valence-electron chi connectivity index (χ4n) is 1.92. The van der Waals surface area contributed by atoms with Crippen LogP contribution in [0.2, 0.25) is 0 Å². The Morgan fingerprint density at radius 1 is 1.63 bits per heavy atom. The summed E-state index contributed by atoms with van der Waals surface area (Å²) in [5.41, 5.74) is 0.192. The quantitative estimate of drug-likeness (QED) is 0.789. The minimum atomic E-state index is -1.02. The lowest BCUT2D eigenvalue weighted by molar-refractivity contribution is -0.139. The zero-order chi connectivity index (χ0) is 13.8. The number of carboxylic acids is 1. The van der Waals surface area contributed by atoms with E-state index < -0.39 is 17.9 Å². The lowest BCUT2D eigenvalue weighted by Crippen LogP contribution is -2.41. The molecule has 7 heteroatoms. The van der Waals surface area contributed by atoms with Gasteiger partial charge in [-0.25, -0.2) is 9.48 Å². The highest BCUT2D eigenvalue weighted by atomic mass is 16.5. The van der Waals surface area contributed by atoms with Gasteiger partial charge in [0.25, 0.3) is 5.91 Å². The van der Waals surface area contributed by atoms with Crippen molar-refractivity contribution in [2.75, 3.05) is 6.61 Å². The average Bonchev–Trinajstić information content (AvgIpc) is 2.94. The molecule has 0 fully saturated rings. The lowest BCUT2D eigenvalue weighted by Gasteiger charge is -2.12. The normalized spacial score (nSPS) is 14.6. The van der Waals surface area contributed by atoms with E-state index in [9.17, 15) is 9.59 Å². The van der Waals surface area contributed by atoms with Gasteiger partial charge in [0.1, 0.15) is 12.6 Å². The van der Waals surface area contributed by atoms with Gasteiger partial charge in [-0.1, -0.05) is 19.8 Å². The third-order valence-corrected chi connectivity index (χ3v) is 2.98. The van der Waals surface area contributed by atoms with Gasteiger partial charge in [-0.3, -0.25) is 4.79 Å². The first-order chi connectivity index (χ1) is 9.11. The number of aromatic nitrogens is 2. The van der Waals surface area contributed by atoms with Crippen LogP contribution in [0, 0.1) is 0 Å². The number of ether oxygens (including phenoxy) is 1. The Bertz CT molecular complexity index is 462. The molecule has 0 saturated carbocycles. The van der Waals surface area contributed by atoms with E-state index in [1.54, 1.807) is 4.68 Å². The Kier molecular flexibility index (Phi) is 4.03. The maximum absolute atomic E-state index is 11.9. The van der Waals surface area contributed by atoms with Crippen LogP contribution in [-0.2, 0) is 11.3 Å². The number of carbonyl (C=O) groups is 2. The maximum Gasteiger partial charge on any atom is 0.326 e. The van der Waals surface area contributed by atoms with Crippen LogP contribution in [0.3, 0.4) is 0 Å². The number of hydrogen-bond acceptors (Lipinski definition) is 4. The van der Waals surface area contributed by atoms with Crippen molar-refractivity contribution in [3.63, 3.8) is 0 Å². The molecule has 1 amide bonds. The van der Waals surface area contributed by atoms with Crippen molar-refractivity contribution < 1.29 is 19.4 Å².